The molecule has 1 aromatic carbocycles. The molecule has 0 aliphatic carbocycles. The second-order valence-electron chi connectivity index (χ2n) is 4.74. The monoisotopic (exact) mass is 246 g/mol. The van der Waals surface area contributed by atoms with Gasteiger partial charge in [0.05, 0.1) is 6.61 Å². The van der Waals surface area contributed by atoms with E-state index in [4.69, 9.17) is 4.74 Å². The zero-order valence-electron chi connectivity index (χ0n) is 11.4. The molecule has 0 saturated heterocycles. The van der Waals surface area contributed by atoms with Gasteiger partial charge in [0.1, 0.15) is 0 Å². The molecule has 0 spiro atoms. The van der Waals surface area contributed by atoms with Gasteiger partial charge in [-0.05, 0) is 24.8 Å². The van der Waals surface area contributed by atoms with Crippen LogP contribution >= 0.6 is 0 Å². The van der Waals surface area contributed by atoms with Crippen LogP contribution in [-0.2, 0) is 11.3 Å². The quantitative estimate of drug-likeness (QED) is 0.389. The third-order valence-electron chi connectivity index (χ3n) is 3.06. The standard InChI is InChI=1S/C17H26O/c1-2-3-4-5-6-7-8-12-15-18-16-17-13-10-9-11-14-17/h2,9-11,13-14H,1,3-8,12,15-16H2. The minimum Gasteiger partial charge on any atom is -0.377 e. The summed E-state index contributed by atoms with van der Waals surface area (Å²) in [6.07, 6.45) is 11.0. The van der Waals surface area contributed by atoms with E-state index in [1.807, 2.05) is 12.1 Å². The number of rotatable bonds is 11. The Balaban J connectivity index is 1.83. The molecule has 1 rings (SSSR count). The Morgan fingerprint density at radius 2 is 1.56 bits per heavy atom. The van der Waals surface area contributed by atoms with E-state index in [9.17, 15) is 0 Å². The summed E-state index contributed by atoms with van der Waals surface area (Å²) in [4.78, 5) is 0. The fourth-order valence-corrected chi connectivity index (χ4v) is 1.96. The highest BCUT2D eigenvalue weighted by Crippen LogP contribution is 2.08. The Morgan fingerprint density at radius 1 is 0.889 bits per heavy atom. The molecule has 0 aliphatic rings. The zero-order chi connectivity index (χ0) is 12.9. The van der Waals surface area contributed by atoms with Gasteiger partial charge in [-0.3, -0.25) is 0 Å². The van der Waals surface area contributed by atoms with E-state index in [2.05, 4.69) is 30.8 Å². The molecule has 0 fully saturated rings. The van der Waals surface area contributed by atoms with Crippen molar-refractivity contribution in [3.05, 3.63) is 48.6 Å². The Morgan fingerprint density at radius 3 is 2.28 bits per heavy atom. The largest absolute Gasteiger partial charge is 0.377 e. The summed E-state index contributed by atoms with van der Waals surface area (Å²) in [6.45, 7) is 5.38. The van der Waals surface area contributed by atoms with Gasteiger partial charge < -0.3 is 4.74 Å². The molecule has 0 saturated carbocycles. The van der Waals surface area contributed by atoms with Crippen LogP contribution in [0.3, 0.4) is 0 Å². The Labute approximate surface area is 112 Å². The van der Waals surface area contributed by atoms with E-state index in [1.54, 1.807) is 0 Å². The molecule has 18 heavy (non-hydrogen) atoms. The van der Waals surface area contributed by atoms with Crippen molar-refractivity contribution in [1.82, 2.24) is 0 Å². The number of unbranched alkanes of at least 4 members (excludes halogenated alkanes) is 6. The molecule has 0 bridgehead atoms. The van der Waals surface area contributed by atoms with Crippen LogP contribution in [-0.4, -0.2) is 6.61 Å². The number of benzene rings is 1. The van der Waals surface area contributed by atoms with E-state index in [0.29, 0.717) is 0 Å². The summed E-state index contributed by atoms with van der Waals surface area (Å²) in [5.74, 6) is 0. The normalized spacial score (nSPS) is 10.4. The van der Waals surface area contributed by atoms with Crippen molar-refractivity contribution < 1.29 is 4.74 Å². The smallest absolute Gasteiger partial charge is 0.0716 e. The van der Waals surface area contributed by atoms with Gasteiger partial charge in [0, 0.05) is 6.61 Å². The lowest BCUT2D eigenvalue weighted by atomic mass is 10.1. The van der Waals surface area contributed by atoms with E-state index >= 15 is 0 Å². The maximum absolute atomic E-state index is 5.65. The molecular formula is C17H26O. The lowest BCUT2D eigenvalue weighted by Gasteiger charge is -2.04. The maximum Gasteiger partial charge on any atom is 0.0716 e. The lowest BCUT2D eigenvalue weighted by molar-refractivity contribution is 0.116. The average molecular weight is 246 g/mol. The van der Waals surface area contributed by atoms with Crippen LogP contribution in [0.5, 0.6) is 0 Å². The Bertz CT molecular complexity index is 292. The Hall–Kier alpha value is -1.08. The first-order chi connectivity index (χ1) is 8.93. The average Bonchev–Trinajstić information content (AvgIpc) is 2.42. The number of hydrogen-bond donors (Lipinski definition) is 0. The number of hydrogen-bond acceptors (Lipinski definition) is 1. The van der Waals surface area contributed by atoms with Crippen molar-refractivity contribution in [3.8, 4) is 0 Å². The van der Waals surface area contributed by atoms with Crippen LogP contribution in [0.2, 0.25) is 0 Å². The molecule has 0 atom stereocenters. The van der Waals surface area contributed by atoms with Crippen molar-refractivity contribution in [2.75, 3.05) is 6.61 Å². The number of ether oxygens (including phenoxy) is 1. The summed E-state index contributed by atoms with van der Waals surface area (Å²) in [5.41, 5.74) is 1.27. The van der Waals surface area contributed by atoms with Crippen LogP contribution in [0.25, 0.3) is 0 Å². The number of allylic oxidation sites excluding steroid dienone is 1. The van der Waals surface area contributed by atoms with E-state index in [0.717, 1.165) is 13.2 Å². The zero-order valence-corrected chi connectivity index (χ0v) is 11.4. The van der Waals surface area contributed by atoms with Gasteiger partial charge in [0.25, 0.3) is 0 Å². The molecule has 0 aliphatic heterocycles. The summed E-state index contributed by atoms with van der Waals surface area (Å²) in [7, 11) is 0. The van der Waals surface area contributed by atoms with Crippen LogP contribution in [0.15, 0.2) is 43.0 Å². The predicted octanol–water partition coefficient (Wildman–Crippen LogP) is 5.12. The summed E-state index contributed by atoms with van der Waals surface area (Å²) < 4.78 is 5.65. The molecule has 100 valence electrons. The topological polar surface area (TPSA) is 9.23 Å². The fourth-order valence-electron chi connectivity index (χ4n) is 1.96. The van der Waals surface area contributed by atoms with Gasteiger partial charge in [0.2, 0.25) is 0 Å². The van der Waals surface area contributed by atoms with Crippen molar-refractivity contribution >= 4 is 0 Å². The summed E-state index contributed by atoms with van der Waals surface area (Å²) in [6, 6.07) is 10.4. The van der Waals surface area contributed by atoms with E-state index in [-0.39, 0.29) is 0 Å². The van der Waals surface area contributed by atoms with E-state index < -0.39 is 0 Å². The molecule has 1 nitrogen and oxygen atoms in total. The minimum atomic E-state index is 0.750. The van der Waals surface area contributed by atoms with Crippen LogP contribution in [0.4, 0.5) is 0 Å². The first kappa shape index (κ1) is 15.0. The van der Waals surface area contributed by atoms with Crippen LogP contribution < -0.4 is 0 Å². The third-order valence-corrected chi connectivity index (χ3v) is 3.06. The molecule has 0 aromatic heterocycles. The van der Waals surface area contributed by atoms with Gasteiger partial charge in [0.15, 0.2) is 0 Å². The fraction of sp³-hybridized carbons (Fsp3) is 0.529. The molecule has 0 N–H and O–H groups in total. The molecule has 0 amide bonds. The van der Waals surface area contributed by atoms with Gasteiger partial charge in [-0.1, -0.05) is 62.1 Å². The second kappa shape index (κ2) is 11.0. The van der Waals surface area contributed by atoms with Crippen molar-refractivity contribution in [3.63, 3.8) is 0 Å². The molecule has 0 unspecified atom stereocenters. The predicted molar refractivity (Wildman–Crippen MR) is 78.6 cm³/mol. The van der Waals surface area contributed by atoms with Crippen molar-refractivity contribution in [2.45, 2.75) is 51.6 Å². The third kappa shape index (κ3) is 8.08. The SMILES string of the molecule is C=CCCCCCCCCOCc1ccccc1. The van der Waals surface area contributed by atoms with Gasteiger partial charge >= 0.3 is 0 Å². The highest BCUT2D eigenvalue weighted by Gasteiger charge is 1.93. The highest BCUT2D eigenvalue weighted by atomic mass is 16.5. The lowest BCUT2D eigenvalue weighted by Crippen LogP contribution is -1.95. The van der Waals surface area contributed by atoms with Crippen LogP contribution in [0.1, 0.15) is 50.5 Å². The summed E-state index contributed by atoms with van der Waals surface area (Å²) >= 11 is 0. The maximum atomic E-state index is 5.65. The minimum absolute atomic E-state index is 0.750. The molecule has 1 aromatic rings. The first-order valence-electron chi connectivity index (χ1n) is 7.16. The second-order valence-corrected chi connectivity index (χ2v) is 4.74. The van der Waals surface area contributed by atoms with E-state index in [1.165, 1.54) is 50.5 Å². The molecule has 1 heteroatoms. The highest BCUT2D eigenvalue weighted by molar-refractivity contribution is 5.13. The van der Waals surface area contributed by atoms with Crippen LogP contribution in [0, 0.1) is 0 Å². The molecule has 0 heterocycles. The Kier molecular flexibility index (Phi) is 9.18. The first-order valence-corrected chi connectivity index (χ1v) is 7.16. The molecule has 0 radical (unpaired) electrons. The molecular weight excluding hydrogens is 220 g/mol. The summed E-state index contributed by atoms with van der Waals surface area (Å²) in [5, 5.41) is 0. The van der Waals surface area contributed by atoms with Crippen molar-refractivity contribution in [2.24, 2.45) is 0 Å². The van der Waals surface area contributed by atoms with Gasteiger partial charge in [-0.25, -0.2) is 0 Å². The van der Waals surface area contributed by atoms with Gasteiger partial charge in [-0.2, -0.15) is 0 Å². The van der Waals surface area contributed by atoms with Gasteiger partial charge in [-0.15, -0.1) is 6.58 Å². The van der Waals surface area contributed by atoms with Crippen molar-refractivity contribution in [1.29, 1.82) is 0 Å².